The Morgan fingerprint density at radius 2 is 2.30 bits per heavy atom. The first-order valence-electron chi connectivity index (χ1n) is 7.46. The van der Waals surface area contributed by atoms with E-state index in [1.54, 1.807) is 7.11 Å². The number of hydrogen-bond donors (Lipinski definition) is 1. The fourth-order valence-electron chi connectivity index (χ4n) is 2.77. The van der Waals surface area contributed by atoms with Crippen molar-refractivity contribution in [1.82, 2.24) is 5.32 Å². The number of ether oxygens (including phenoxy) is 1. The van der Waals surface area contributed by atoms with Crippen molar-refractivity contribution in [3.8, 4) is 0 Å². The van der Waals surface area contributed by atoms with E-state index in [1.807, 2.05) is 0 Å². The molecule has 4 heteroatoms. The summed E-state index contributed by atoms with van der Waals surface area (Å²) in [7, 11) is 1.81. The van der Waals surface area contributed by atoms with Crippen LogP contribution < -0.4 is 10.2 Å². The Bertz CT molecular complexity index is 438. The van der Waals surface area contributed by atoms with Crippen LogP contribution in [0.1, 0.15) is 38.3 Å². The van der Waals surface area contributed by atoms with Crippen molar-refractivity contribution in [3.05, 3.63) is 28.2 Å². The molecule has 1 fully saturated rings. The zero-order valence-corrected chi connectivity index (χ0v) is 14.2. The highest BCUT2D eigenvalue weighted by Crippen LogP contribution is 2.32. The number of nitrogens with one attached hydrogen (secondary N) is 1. The minimum Gasteiger partial charge on any atom is -0.380 e. The lowest BCUT2D eigenvalue weighted by atomic mass is 10.1. The van der Waals surface area contributed by atoms with Crippen LogP contribution in [-0.4, -0.2) is 32.8 Å². The molecular formula is C16H25BrN2O. The highest BCUT2D eigenvalue weighted by atomic mass is 79.9. The van der Waals surface area contributed by atoms with Crippen molar-refractivity contribution in [2.45, 2.75) is 38.8 Å². The second kappa shape index (κ2) is 7.43. The van der Waals surface area contributed by atoms with Crippen molar-refractivity contribution < 1.29 is 4.74 Å². The van der Waals surface area contributed by atoms with Crippen molar-refractivity contribution in [2.75, 3.05) is 31.6 Å². The lowest BCUT2D eigenvalue weighted by molar-refractivity contribution is 0.121. The fraction of sp³-hybridized carbons (Fsp3) is 0.625. The molecule has 1 aromatic rings. The van der Waals surface area contributed by atoms with Gasteiger partial charge >= 0.3 is 0 Å². The monoisotopic (exact) mass is 340 g/mol. The van der Waals surface area contributed by atoms with Gasteiger partial charge < -0.3 is 15.0 Å². The molecule has 1 aliphatic heterocycles. The Labute approximate surface area is 130 Å². The molecule has 0 bridgehead atoms. The molecule has 2 rings (SSSR count). The largest absolute Gasteiger partial charge is 0.380 e. The number of methoxy groups -OCH3 is 1. The van der Waals surface area contributed by atoms with Crippen LogP contribution in [0, 0.1) is 0 Å². The molecule has 2 unspecified atom stereocenters. The minimum absolute atomic E-state index is 0.362. The summed E-state index contributed by atoms with van der Waals surface area (Å²) >= 11 is 3.60. The molecule has 112 valence electrons. The van der Waals surface area contributed by atoms with Crippen LogP contribution in [0.2, 0.25) is 0 Å². The molecule has 20 heavy (non-hydrogen) atoms. The van der Waals surface area contributed by atoms with E-state index in [1.165, 1.54) is 11.3 Å². The third-order valence-corrected chi connectivity index (χ3v) is 4.47. The van der Waals surface area contributed by atoms with E-state index < -0.39 is 0 Å². The van der Waals surface area contributed by atoms with Crippen LogP contribution in [0.4, 0.5) is 5.69 Å². The molecule has 0 spiro atoms. The molecular weight excluding hydrogens is 316 g/mol. The summed E-state index contributed by atoms with van der Waals surface area (Å²) < 4.78 is 6.63. The topological polar surface area (TPSA) is 24.5 Å². The van der Waals surface area contributed by atoms with E-state index >= 15 is 0 Å². The lowest BCUT2D eigenvalue weighted by Crippen LogP contribution is -2.26. The van der Waals surface area contributed by atoms with E-state index in [0.717, 1.165) is 36.9 Å². The van der Waals surface area contributed by atoms with Gasteiger partial charge in [0.15, 0.2) is 0 Å². The normalized spacial score (nSPS) is 20.4. The zero-order chi connectivity index (χ0) is 14.5. The number of anilines is 1. The molecule has 0 amide bonds. The summed E-state index contributed by atoms with van der Waals surface area (Å²) in [6.45, 7) is 7.55. The van der Waals surface area contributed by atoms with Gasteiger partial charge in [0, 0.05) is 36.4 Å². The van der Waals surface area contributed by atoms with Gasteiger partial charge in [-0.15, -0.1) is 0 Å². The first-order valence-corrected chi connectivity index (χ1v) is 8.25. The Kier molecular flexibility index (Phi) is 5.87. The van der Waals surface area contributed by atoms with Gasteiger partial charge in [0.1, 0.15) is 0 Å². The number of rotatable bonds is 6. The van der Waals surface area contributed by atoms with Crippen LogP contribution in [0.15, 0.2) is 22.7 Å². The summed E-state index contributed by atoms with van der Waals surface area (Å²) in [4.78, 5) is 2.44. The van der Waals surface area contributed by atoms with Crippen molar-refractivity contribution in [1.29, 1.82) is 0 Å². The number of nitrogens with zero attached hydrogens (tertiary/aromatic N) is 1. The molecule has 0 aliphatic carbocycles. The van der Waals surface area contributed by atoms with Crippen LogP contribution in [-0.2, 0) is 4.74 Å². The smallest absolute Gasteiger partial charge is 0.0762 e. The third kappa shape index (κ3) is 3.74. The summed E-state index contributed by atoms with van der Waals surface area (Å²) in [5.74, 6) is 0. The minimum atomic E-state index is 0.362. The average molecular weight is 341 g/mol. The van der Waals surface area contributed by atoms with E-state index in [9.17, 15) is 0 Å². The maximum Gasteiger partial charge on any atom is 0.0762 e. The van der Waals surface area contributed by atoms with Crippen LogP contribution in [0.3, 0.4) is 0 Å². The van der Waals surface area contributed by atoms with Gasteiger partial charge in [-0.25, -0.2) is 0 Å². The van der Waals surface area contributed by atoms with Gasteiger partial charge in [0.2, 0.25) is 0 Å². The Balaban J connectivity index is 2.20. The van der Waals surface area contributed by atoms with E-state index in [0.29, 0.717) is 12.1 Å². The Hall–Kier alpha value is -0.580. The molecule has 3 nitrogen and oxygen atoms in total. The molecule has 0 aromatic heterocycles. The standard InChI is InChI=1S/C16H25BrN2O/c1-4-8-18-12(2)15-6-5-13(17)10-16(15)19-9-7-14(11-19)20-3/h5-6,10,12,14,18H,4,7-9,11H2,1-3H3. The first-order chi connectivity index (χ1) is 9.65. The Morgan fingerprint density at radius 3 is 2.95 bits per heavy atom. The van der Waals surface area contributed by atoms with Crippen molar-refractivity contribution in [3.63, 3.8) is 0 Å². The van der Waals surface area contributed by atoms with Crippen LogP contribution >= 0.6 is 15.9 Å². The molecule has 1 heterocycles. The Morgan fingerprint density at radius 1 is 1.50 bits per heavy atom. The highest BCUT2D eigenvalue weighted by Gasteiger charge is 2.25. The van der Waals surface area contributed by atoms with Crippen LogP contribution in [0.5, 0.6) is 0 Å². The van der Waals surface area contributed by atoms with Gasteiger partial charge in [-0.05, 0) is 44.0 Å². The van der Waals surface area contributed by atoms with Gasteiger partial charge in [0.05, 0.1) is 6.10 Å². The number of hydrogen-bond acceptors (Lipinski definition) is 3. The second-order valence-corrected chi connectivity index (χ2v) is 6.39. The maximum atomic E-state index is 5.49. The van der Waals surface area contributed by atoms with Gasteiger partial charge in [-0.1, -0.05) is 28.9 Å². The quantitative estimate of drug-likeness (QED) is 0.853. The van der Waals surface area contributed by atoms with Crippen LogP contribution in [0.25, 0.3) is 0 Å². The van der Waals surface area contributed by atoms with E-state index in [4.69, 9.17) is 4.74 Å². The molecule has 0 radical (unpaired) electrons. The molecule has 2 atom stereocenters. The average Bonchev–Trinajstić information content (AvgIpc) is 2.93. The van der Waals surface area contributed by atoms with Gasteiger partial charge in [-0.3, -0.25) is 0 Å². The van der Waals surface area contributed by atoms with Crippen molar-refractivity contribution >= 4 is 21.6 Å². The van der Waals surface area contributed by atoms with E-state index in [-0.39, 0.29) is 0 Å². The molecule has 0 saturated carbocycles. The highest BCUT2D eigenvalue weighted by molar-refractivity contribution is 9.10. The van der Waals surface area contributed by atoms with Crippen molar-refractivity contribution in [2.24, 2.45) is 0 Å². The fourth-order valence-corrected chi connectivity index (χ4v) is 3.12. The predicted octanol–water partition coefficient (Wildman–Crippen LogP) is 3.73. The molecule has 1 aromatic carbocycles. The number of halogens is 1. The summed E-state index contributed by atoms with van der Waals surface area (Å²) in [6, 6.07) is 6.97. The lowest BCUT2D eigenvalue weighted by Gasteiger charge is -2.25. The van der Waals surface area contributed by atoms with E-state index in [2.05, 4.69) is 58.2 Å². The molecule has 1 N–H and O–H groups in total. The van der Waals surface area contributed by atoms with Gasteiger partial charge in [0.25, 0.3) is 0 Å². The summed E-state index contributed by atoms with van der Waals surface area (Å²) in [6.07, 6.45) is 2.63. The maximum absolute atomic E-state index is 5.49. The molecule has 1 aliphatic rings. The predicted molar refractivity (Wildman–Crippen MR) is 88.5 cm³/mol. The third-order valence-electron chi connectivity index (χ3n) is 3.98. The van der Waals surface area contributed by atoms with Gasteiger partial charge in [-0.2, -0.15) is 0 Å². The summed E-state index contributed by atoms with van der Waals surface area (Å²) in [5, 5.41) is 3.58. The SMILES string of the molecule is CCCNC(C)c1ccc(Br)cc1N1CCC(OC)C1. The molecule has 1 saturated heterocycles. The first kappa shape index (κ1) is 15.8. The zero-order valence-electron chi connectivity index (χ0n) is 12.7. The second-order valence-electron chi connectivity index (χ2n) is 5.47. The summed E-state index contributed by atoms with van der Waals surface area (Å²) in [5.41, 5.74) is 2.70. The number of benzene rings is 1.